The number of anilines is 2. The first-order valence-corrected chi connectivity index (χ1v) is 9.92. The maximum Gasteiger partial charge on any atom is 0.267 e. The third kappa shape index (κ3) is 3.96. The van der Waals surface area contributed by atoms with Crippen molar-refractivity contribution in [2.45, 2.75) is 46.6 Å². The summed E-state index contributed by atoms with van der Waals surface area (Å²) >= 11 is 0. The highest BCUT2D eigenvalue weighted by atomic mass is 16.1. The summed E-state index contributed by atoms with van der Waals surface area (Å²) in [5.74, 6) is 0.932. The fourth-order valence-corrected chi connectivity index (χ4v) is 3.80. The number of carbonyl (C=O) groups is 1. The molecule has 1 aliphatic carbocycles. The molecule has 3 aromatic rings. The lowest BCUT2D eigenvalue weighted by molar-refractivity contribution is 0.0995. The standard InChI is InChI=1S/C21H26N8O/c1-11-24-9-13(19(22)26-11)10-25-17-7-12(6-15(27-17)20(23)30)18-14-4-5-21(2,3)8-16(14)28-29-18/h6-7,9H,4-5,8,10H2,1-3H3,(H2,23,30)(H,25,27)(H,28,29)(H2,22,24,26). The molecule has 0 aliphatic heterocycles. The van der Waals surface area contributed by atoms with Gasteiger partial charge in [-0.1, -0.05) is 13.8 Å². The quantitative estimate of drug-likeness (QED) is 0.508. The summed E-state index contributed by atoms with van der Waals surface area (Å²) in [4.78, 5) is 24.6. The molecule has 0 spiro atoms. The number of nitrogens with two attached hydrogens (primary N) is 2. The second kappa shape index (κ2) is 7.40. The van der Waals surface area contributed by atoms with Crippen molar-refractivity contribution in [2.24, 2.45) is 11.1 Å². The van der Waals surface area contributed by atoms with Crippen LogP contribution in [0.25, 0.3) is 11.3 Å². The Bertz CT molecular complexity index is 1120. The summed E-state index contributed by atoms with van der Waals surface area (Å²) < 4.78 is 0. The topological polar surface area (TPSA) is 148 Å². The Kier molecular flexibility index (Phi) is 4.89. The van der Waals surface area contributed by atoms with E-state index in [4.69, 9.17) is 11.5 Å². The van der Waals surface area contributed by atoms with Gasteiger partial charge in [-0.05, 0) is 43.7 Å². The SMILES string of the molecule is Cc1ncc(CNc2cc(-c3n[nH]c4c3CCC(C)(C)C4)cc(C(N)=O)n2)c(N)n1. The minimum atomic E-state index is -0.594. The minimum absolute atomic E-state index is 0.177. The molecule has 0 atom stereocenters. The highest BCUT2D eigenvalue weighted by molar-refractivity contribution is 5.92. The van der Waals surface area contributed by atoms with Crippen LogP contribution in [-0.2, 0) is 19.4 Å². The zero-order valence-electron chi connectivity index (χ0n) is 17.4. The molecule has 0 radical (unpaired) electrons. The maximum absolute atomic E-state index is 11.9. The first-order chi connectivity index (χ1) is 14.2. The molecule has 9 heteroatoms. The van der Waals surface area contributed by atoms with Crippen molar-refractivity contribution in [2.75, 3.05) is 11.1 Å². The van der Waals surface area contributed by atoms with Crippen LogP contribution in [0.5, 0.6) is 0 Å². The Morgan fingerprint density at radius 1 is 1.30 bits per heavy atom. The van der Waals surface area contributed by atoms with Crippen LogP contribution in [-0.4, -0.2) is 31.1 Å². The number of nitrogens with zero attached hydrogens (tertiary/aromatic N) is 4. The highest BCUT2D eigenvalue weighted by Gasteiger charge is 2.29. The van der Waals surface area contributed by atoms with E-state index >= 15 is 0 Å². The minimum Gasteiger partial charge on any atom is -0.383 e. The van der Waals surface area contributed by atoms with Crippen LogP contribution in [0.3, 0.4) is 0 Å². The van der Waals surface area contributed by atoms with Crippen molar-refractivity contribution >= 4 is 17.5 Å². The third-order valence-electron chi connectivity index (χ3n) is 5.49. The average molecular weight is 406 g/mol. The largest absolute Gasteiger partial charge is 0.383 e. The van der Waals surface area contributed by atoms with Crippen LogP contribution in [0.2, 0.25) is 0 Å². The lowest BCUT2D eigenvalue weighted by Crippen LogP contribution is -2.22. The highest BCUT2D eigenvalue weighted by Crippen LogP contribution is 2.38. The number of H-pyrrole nitrogens is 1. The van der Waals surface area contributed by atoms with E-state index in [-0.39, 0.29) is 11.1 Å². The van der Waals surface area contributed by atoms with Crippen molar-refractivity contribution in [3.05, 3.63) is 46.7 Å². The van der Waals surface area contributed by atoms with Gasteiger partial charge in [0.1, 0.15) is 23.2 Å². The summed E-state index contributed by atoms with van der Waals surface area (Å²) in [7, 11) is 0. The number of primary amides is 1. The first kappa shape index (κ1) is 19.8. The number of hydrogen-bond acceptors (Lipinski definition) is 7. The van der Waals surface area contributed by atoms with E-state index < -0.39 is 5.91 Å². The van der Waals surface area contributed by atoms with E-state index in [9.17, 15) is 4.79 Å². The number of aromatic nitrogens is 5. The fourth-order valence-electron chi connectivity index (χ4n) is 3.80. The molecule has 0 fully saturated rings. The van der Waals surface area contributed by atoms with E-state index in [1.807, 2.05) is 6.07 Å². The predicted molar refractivity (Wildman–Crippen MR) is 115 cm³/mol. The van der Waals surface area contributed by atoms with Gasteiger partial charge < -0.3 is 16.8 Å². The van der Waals surface area contributed by atoms with Crippen LogP contribution in [0.1, 0.15) is 53.4 Å². The molecule has 1 aliphatic rings. The van der Waals surface area contributed by atoms with Gasteiger partial charge in [-0.3, -0.25) is 9.89 Å². The average Bonchev–Trinajstić information content (AvgIpc) is 3.08. The molecule has 4 rings (SSSR count). The van der Waals surface area contributed by atoms with Crippen molar-refractivity contribution in [1.29, 1.82) is 0 Å². The summed E-state index contributed by atoms with van der Waals surface area (Å²) in [6, 6.07) is 3.56. The molecule has 6 N–H and O–H groups in total. The van der Waals surface area contributed by atoms with E-state index in [1.54, 1.807) is 19.2 Å². The molecule has 0 aromatic carbocycles. The predicted octanol–water partition coefficient (Wildman–Crippen LogP) is 2.38. The molecule has 3 aromatic heterocycles. The first-order valence-electron chi connectivity index (χ1n) is 9.92. The molecular formula is C21H26N8O. The monoisotopic (exact) mass is 406 g/mol. The van der Waals surface area contributed by atoms with E-state index in [1.165, 1.54) is 5.56 Å². The molecule has 3 heterocycles. The summed E-state index contributed by atoms with van der Waals surface area (Å²) in [5, 5.41) is 10.9. The molecule has 0 unspecified atom stereocenters. The second-order valence-electron chi connectivity index (χ2n) is 8.54. The van der Waals surface area contributed by atoms with Crippen molar-refractivity contribution in [3.63, 3.8) is 0 Å². The number of fused-ring (bicyclic) bond motifs is 1. The van der Waals surface area contributed by atoms with Gasteiger partial charge in [0.15, 0.2) is 0 Å². The molecule has 0 bridgehead atoms. The Balaban J connectivity index is 1.66. The second-order valence-corrected chi connectivity index (χ2v) is 8.54. The smallest absolute Gasteiger partial charge is 0.267 e. The Hall–Kier alpha value is -3.49. The number of nitrogen functional groups attached to an aromatic ring is 1. The number of carbonyl (C=O) groups excluding carboxylic acids is 1. The molecule has 30 heavy (non-hydrogen) atoms. The summed E-state index contributed by atoms with van der Waals surface area (Å²) in [6.07, 6.45) is 4.64. The van der Waals surface area contributed by atoms with Gasteiger partial charge in [0.05, 0.1) is 5.69 Å². The van der Waals surface area contributed by atoms with E-state index in [0.29, 0.717) is 24.0 Å². The van der Waals surface area contributed by atoms with Gasteiger partial charge >= 0.3 is 0 Å². The molecule has 0 saturated heterocycles. The van der Waals surface area contributed by atoms with Gasteiger partial charge in [-0.25, -0.2) is 15.0 Å². The Morgan fingerprint density at radius 3 is 2.83 bits per heavy atom. The fraction of sp³-hybridized carbons (Fsp3) is 0.381. The number of pyridine rings is 1. The molecular weight excluding hydrogens is 380 g/mol. The van der Waals surface area contributed by atoms with Crippen LogP contribution < -0.4 is 16.8 Å². The van der Waals surface area contributed by atoms with Crippen LogP contribution in [0.15, 0.2) is 18.3 Å². The van der Waals surface area contributed by atoms with Gasteiger partial charge in [0, 0.05) is 35.1 Å². The lowest BCUT2D eigenvalue weighted by atomic mass is 9.76. The van der Waals surface area contributed by atoms with Crippen LogP contribution >= 0.6 is 0 Å². The van der Waals surface area contributed by atoms with Crippen molar-refractivity contribution in [3.8, 4) is 11.3 Å². The molecule has 9 nitrogen and oxygen atoms in total. The summed E-state index contributed by atoms with van der Waals surface area (Å²) in [5.41, 5.74) is 16.6. The summed E-state index contributed by atoms with van der Waals surface area (Å²) in [6.45, 7) is 6.67. The van der Waals surface area contributed by atoms with Crippen molar-refractivity contribution < 1.29 is 4.79 Å². The number of aromatic amines is 1. The van der Waals surface area contributed by atoms with E-state index in [0.717, 1.165) is 41.8 Å². The Morgan fingerprint density at radius 2 is 2.10 bits per heavy atom. The molecule has 1 amide bonds. The lowest BCUT2D eigenvalue weighted by Gasteiger charge is -2.29. The number of aryl methyl sites for hydroxylation is 1. The normalized spacial score (nSPS) is 14.9. The van der Waals surface area contributed by atoms with Gasteiger partial charge in [-0.15, -0.1) is 0 Å². The molecule has 0 saturated carbocycles. The zero-order chi connectivity index (χ0) is 21.5. The van der Waals surface area contributed by atoms with Gasteiger partial charge in [-0.2, -0.15) is 5.10 Å². The maximum atomic E-state index is 11.9. The number of nitrogens with one attached hydrogen (secondary N) is 2. The zero-order valence-corrected chi connectivity index (χ0v) is 17.4. The van der Waals surface area contributed by atoms with Crippen LogP contribution in [0.4, 0.5) is 11.6 Å². The number of amides is 1. The Labute approximate surface area is 174 Å². The molecule has 156 valence electrons. The third-order valence-corrected chi connectivity index (χ3v) is 5.49. The number of hydrogen-bond donors (Lipinski definition) is 4. The van der Waals surface area contributed by atoms with Gasteiger partial charge in [0.25, 0.3) is 5.91 Å². The number of rotatable bonds is 5. The van der Waals surface area contributed by atoms with Crippen molar-refractivity contribution in [1.82, 2.24) is 25.1 Å². The van der Waals surface area contributed by atoms with Gasteiger partial charge in [0.2, 0.25) is 0 Å². The van der Waals surface area contributed by atoms with Crippen LogP contribution in [0, 0.1) is 12.3 Å². The van der Waals surface area contributed by atoms with E-state index in [2.05, 4.69) is 44.3 Å².